The third-order valence-electron chi connectivity index (χ3n) is 7.18. The van der Waals surface area contributed by atoms with Crippen molar-refractivity contribution in [3.8, 4) is 11.5 Å². The number of carbonyl (C=O) groups is 1. The summed E-state index contributed by atoms with van der Waals surface area (Å²) in [5.41, 5.74) is 8.67. The molecule has 0 atom stereocenters. The first-order valence-corrected chi connectivity index (χ1v) is 13.7. The second-order valence-electron chi connectivity index (χ2n) is 10.1. The van der Waals surface area contributed by atoms with Crippen LogP contribution in [-0.4, -0.2) is 51.2 Å². The van der Waals surface area contributed by atoms with Gasteiger partial charge in [-0.1, -0.05) is 30.3 Å². The number of rotatable bonds is 10. The van der Waals surface area contributed by atoms with Gasteiger partial charge in [0.15, 0.2) is 0 Å². The van der Waals surface area contributed by atoms with Gasteiger partial charge in [-0.15, -0.1) is 24.8 Å². The fourth-order valence-corrected chi connectivity index (χ4v) is 4.89. The van der Waals surface area contributed by atoms with Crippen molar-refractivity contribution < 1.29 is 14.3 Å². The zero-order valence-corrected chi connectivity index (χ0v) is 25.5. The van der Waals surface area contributed by atoms with Crippen molar-refractivity contribution in [3.63, 3.8) is 0 Å². The van der Waals surface area contributed by atoms with Crippen LogP contribution < -0.4 is 20.5 Å². The number of ether oxygens (including phenoxy) is 2. The van der Waals surface area contributed by atoms with Crippen LogP contribution in [0.2, 0.25) is 0 Å². The van der Waals surface area contributed by atoms with Crippen LogP contribution in [0.3, 0.4) is 0 Å². The standard InChI is InChI=1S/C31H35N7O3.2ClH/c1-21(32)37-15-13-26(14-16-37)41-25-10-8-24(9-11-25)40-20-29-36-27-17-23(31(33)34)7-12-28(27)38(29)19-30(39)35-18-22-5-3-2-4-6-22;;/h2-12,17,26,32H,13-16,18-20H2,1H3,(H3,33,34)(H,35,39);2*1H. The number of amidine groups is 2. The van der Waals surface area contributed by atoms with Gasteiger partial charge in [0.1, 0.15) is 42.4 Å². The molecule has 1 aromatic heterocycles. The van der Waals surface area contributed by atoms with Crippen LogP contribution in [0.25, 0.3) is 11.0 Å². The van der Waals surface area contributed by atoms with E-state index in [0.29, 0.717) is 35.0 Å². The molecule has 5 N–H and O–H groups in total. The first-order valence-electron chi connectivity index (χ1n) is 13.7. The monoisotopic (exact) mass is 625 g/mol. The van der Waals surface area contributed by atoms with Gasteiger partial charge in [0.2, 0.25) is 5.91 Å². The summed E-state index contributed by atoms with van der Waals surface area (Å²) in [7, 11) is 0. The summed E-state index contributed by atoms with van der Waals surface area (Å²) in [6, 6.07) is 22.6. The molecule has 0 saturated carbocycles. The fourth-order valence-electron chi connectivity index (χ4n) is 4.89. The molecule has 1 aliphatic rings. The van der Waals surface area contributed by atoms with Gasteiger partial charge in [-0.3, -0.25) is 15.6 Å². The predicted octanol–water partition coefficient (Wildman–Crippen LogP) is 4.90. The van der Waals surface area contributed by atoms with Crippen LogP contribution in [0, 0.1) is 10.8 Å². The van der Waals surface area contributed by atoms with E-state index in [-0.39, 0.29) is 55.8 Å². The molecular weight excluding hydrogens is 589 g/mol. The molecule has 1 fully saturated rings. The molecule has 228 valence electrons. The highest BCUT2D eigenvalue weighted by molar-refractivity contribution is 5.98. The predicted molar refractivity (Wildman–Crippen MR) is 173 cm³/mol. The minimum absolute atomic E-state index is 0. The molecule has 0 unspecified atom stereocenters. The molecule has 2 heterocycles. The number of likely N-dealkylation sites (tertiary alicyclic amines) is 1. The summed E-state index contributed by atoms with van der Waals surface area (Å²) in [4.78, 5) is 19.7. The quantitative estimate of drug-likeness (QED) is 0.146. The van der Waals surface area contributed by atoms with Crippen LogP contribution >= 0.6 is 24.8 Å². The summed E-state index contributed by atoms with van der Waals surface area (Å²) in [5, 5.41) is 18.5. The van der Waals surface area contributed by atoms with Crippen molar-refractivity contribution in [1.29, 1.82) is 10.8 Å². The summed E-state index contributed by atoms with van der Waals surface area (Å²) in [6.45, 7) is 4.14. The number of piperidine rings is 1. The SMILES string of the molecule is CC(=N)N1CCC(Oc2ccc(OCc3nc4cc(C(=N)N)ccc4n3CC(=O)NCc3ccccc3)cc2)CC1.Cl.Cl. The first kappa shape index (κ1) is 33.2. The van der Waals surface area contributed by atoms with Gasteiger partial charge >= 0.3 is 0 Å². The maximum atomic E-state index is 12.9. The van der Waals surface area contributed by atoms with E-state index in [4.69, 9.17) is 31.0 Å². The normalized spacial score (nSPS) is 13.0. The van der Waals surface area contributed by atoms with Crippen LogP contribution in [0.5, 0.6) is 11.5 Å². The van der Waals surface area contributed by atoms with E-state index < -0.39 is 0 Å². The smallest absolute Gasteiger partial charge is 0.240 e. The molecule has 0 radical (unpaired) electrons. The van der Waals surface area contributed by atoms with Gasteiger partial charge in [0, 0.05) is 38.0 Å². The molecule has 3 aromatic carbocycles. The van der Waals surface area contributed by atoms with E-state index in [2.05, 4.69) is 10.2 Å². The highest BCUT2D eigenvalue weighted by Gasteiger charge is 2.21. The summed E-state index contributed by atoms with van der Waals surface area (Å²) in [5.74, 6) is 2.44. The Kier molecular flexibility index (Phi) is 11.8. The Labute approximate surface area is 263 Å². The van der Waals surface area contributed by atoms with Crippen LogP contribution in [0.15, 0.2) is 72.8 Å². The first-order chi connectivity index (χ1) is 19.9. The van der Waals surface area contributed by atoms with Gasteiger partial charge in [-0.05, 0) is 55.0 Å². The largest absolute Gasteiger partial charge is 0.490 e. The second-order valence-corrected chi connectivity index (χ2v) is 10.1. The molecular formula is C31H37Cl2N7O3. The van der Waals surface area contributed by atoms with Gasteiger partial charge in [-0.25, -0.2) is 4.98 Å². The third kappa shape index (κ3) is 8.62. The van der Waals surface area contributed by atoms with Crippen molar-refractivity contribution in [3.05, 3.63) is 89.7 Å². The Morgan fingerprint density at radius 3 is 2.33 bits per heavy atom. The Morgan fingerprint density at radius 1 is 1.00 bits per heavy atom. The summed E-state index contributed by atoms with van der Waals surface area (Å²) in [6.07, 6.45) is 1.90. The highest BCUT2D eigenvalue weighted by Crippen LogP contribution is 2.24. The lowest BCUT2D eigenvalue weighted by Crippen LogP contribution is -2.40. The number of nitrogens with zero attached hydrogens (tertiary/aromatic N) is 3. The van der Waals surface area contributed by atoms with Crippen molar-refractivity contribution in [2.24, 2.45) is 5.73 Å². The minimum atomic E-state index is -0.145. The van der Waals surface area contributed by atoms with E-state index in [9.17, 15) is 4.79 Å². The van der Waals surface area contributed by atoms with Crippen molar-refractivity contribution in [1.82, 2.24) is 19.8 Å². The van der Waals surface area contributed by atoms with E-state index in [1.165, 1.54) is 0 Å². The number of nitrogen functional groups attached to an aromatic ring is 1. The number of hydrogen-bond acceptors (Lipinski definition) is 6. The van der Waals surface area contributed by atoms with E-state index in [1.54, 1.807) is 12.1 Å². The minimum Gasteiger partial charge on any atom is -0.490 e. The molecule has 0 bridgehead atoms. The molecule has 1 amide bonds. The second kappa shape index (κ2) is 15.3. The topological polar surface area (TPSA) is 142 Å². The lowest BCUT2D eigenvalue weighted by atomic mass is 10.1. The van der Waals surface area contributed by atoms with E-state index >= 15 is 0 Å². The fraction of sp³-hybridized carbons (Fsp3) is 0.290. The Hall–Kier alpha value is -4.28. The molecule has 43 heavy (non-hydrogen) atoms. The number of fused-ring (bicyclic) bond motifs is 1. The number of hydrogen-bond donors (Lipinski definition) is 4. The Morgan fingerprint density at radius 2 is 1.67 bits per heavy atom. The van der Waals surface area contributed by atoms with Crippen molar-refractivity contribution >= 4 is 53.4 Å². The highest BCUT2D eigenvalue weighted by atomic mass is 35.5. The average Bonchev–Trinajstić information content (AvgIpc) is 3.32. The van der Waals surface area contributed by atoms with Gasteiger partial charge in [0.25, 0.3) is 0 Å². The molecule has 12 heteroatoms. The Bertz CT molecular complexity index is 1540. The molecule has 10 nitrogen and oxygen atoms in total. The molecule has 5 rings (SSSR count). The number of amides is 1. The molecule has 0 aliphatic carbocycles. The molecule has 1 aliphatic heterocycles. The van der Waals surface area contributed by atoms with Crippen molar-refractivity contribution in [2.45, 2.75) is 45.6 Å². The van der Waals surface area contributed by atoms with Crippen LogP contribution in [0.1, 0.15) is 36.7 Å². The third-order valence-corrected chi connectivity index (χ3v) is 7.18. The lowest BCUT2D eigenvalue weighted by Gasteiger charge is -2.32. The number of nitrogens with two attached hydrogens (primary N) is 1. The number of carbonyl (C=O) groups excluding carboxylic acids is 1. The van der Waals surface area contributed by atoms with E-state index in [0.717, 1.165) is 42.8 Å². The number of nitrogens with one attached hydrogen (secondary N) is 3. The van der Waals surface area contributed by atoms with Crippen LogP contribution in [0.4, 0.5) is 0 Å². The van der Waals surface area contributed by atoms with Crippen LogP contribution in [-0.2, 0) is 24.5 Å². The maximum absolute atomic E-state index is 12.9. The summed E-state index contributed by atoms with van der Waals surface area (Å²) < 4.78 is 14.0. The number of benzene rings is 3. The van der Waals surface area contributed by atoms with Gasteiger partial charge in [0.05, 0.1) is 16.9 Å². The summed E-state index contributed by atoms with van der Waals surface area (Å²) >= 11 is 0. The zero-order valence-electron chi connectivity index (χ0n) is 23.9. The maximum Gasteiger partial charge on any atom is 0.240 e. The Balaban J connectivity index is 0.00000253. The van der Waals surface area contributed by atoms with Crippen molar-refractivity contribution in [2.75, 3.05) is 13.1 Å². The lowest BCUT2D eigenvalue weighted by molar-refractivity contribution is -0.121. The number of imidazole rings is 1. The van der Waals surface area contributed by atoms with Gasteiger partial charge in [-0.2, -0.15) is 0 Å². The van der Waals surface area contributed by atoms with Gasteiger partial charge < -0.3 is 30.0 Å². The van der Waals surface area contributed by atoms with E-state index in [1.807, 2.05) is 72.2 Å². The number of halogens is 2. The molecule has 0 spiro atoms. The average molecular weight is 627 g/mol. The molecule has 4 aromatic rings. The molecule has 1 saturated heterocycles. The zero-order chi connectivity index (χ0) is 28.8. The number of aromatic nitrogens is 2.